The molecule has 21 heavy (non-hydrogen) atoms. The molecule has 0 spiro atoms. The Kier molecular flexibility index (Phi) is 5.17. The van der Waals surface area contributed by atoms with Crippen LogP contribution in [0.4, 0.5) is 4.39 Å². The van der Waals surface area contributed by atoms with E-state index in [1.54, 1.807) is 12.1 Å². The Balaban J connectivity index is 1.93. The molecule has 0 bridgehead atoms. The molecule has 0 radical (unpaired) electrons. The summed E-state index contributed by atoms with van der Waals surface area (Å²) in [6.45, 7) is 6.82. The van der Waals surface area contributed by atoms with Crippen LogP contribution in [-0.2, 0) is 6.42 Å². The highest BCUT2D eigenvalue weighted by atomic mass is 19.1. The third-order valence-electron chi connectivity index (χ3n) is 3.55. The van der Waals surface area contributed by atoms with Gasteiger partial charge in [-0.05, 0) is 24.1 Å². The lowest BCUT2D eigenvalue weighted by Gasteiger charge is -2.26. The van der Waals surface area contributed by atoms with E-state index < -0.39 is 0 Å². The molecule has 0 aliphatic carbocycles. The second-order valence-electron chi connectivity index (χ2n) is 6.12. The topological polar surface area (TPSA) is 62.3 Å². The zero-order valence-electron chi connectivity index (χ0n) is 12.7. The quantitative estimate of drug-likeness (QED) is 0.599. The number of amidine groups is 1. The molecule has 1 aromatic carbocycles. The summed E-state index contributed by atoms with van der Waals surface area (Å²) in [7, 11) is 0. The van der Waals surface area contributed by atoms with Crippen LogP contribution in [0.2, 0.25) is 0 Å². The van der Waals surface area contributed by atoms with Crippen molar-refractivity contribution >= 4 is 5.84 Å². The molecule has 1 unspecified atom stereocenters. The molecule has 5 heteroatoms. The van der Waals surface area contributed by atoms with Crippen molar-refractivity contribution in [2.75, 3.05) is 19.6 Å². The fraction of sp³-hybridized carbons (Fsp3) is 0.562. The average molecular weight is 293 g/mol. The van der Waals surface area contributed by atoms with E-state index in [0.717, 1.165) is 37.4 Å². The third-order valence-corrected chi connectivity index (χ3v) is 3.55. The SMILES string of the molecule is CC(C)CN(CCC(=N)N)CC1Cc2cc(F)ccc2O1. The van der Waals surface area contributed by atoms with E-state index in [9.17, 15) is 4.39 Å². The largest absolute Gasteiger partial charge is 0.488 e. The normalized spacial score (nSPS) is 17.1. The second-order valence-corrected chi connectivity index (χ2v) is 6.12. The van der Waals surface area contributed by atoms with Crippen LogP contribution < -0.4 is 10.5 Å². The fourth-order valence-electron chi connectivity index (χ4n) is 2.73. The molecule has 2 rings (SSSR count). The molecule has 1 aliphatic heterocycles. The van der Waals surface area contributed by atoms with E-state index in [1.165, 1.54) is 6.07 Å². The van der Waals surface area contributed by atoms with Crippen LogP contribution in [0.1, 0.15) is 25.8 Å². The lowest BCUT2D eigenvalue weighted by atomic mass is 10.1. The number of halogens is 1. The minimum Gasteiger partial charge on any atom is -0.488 e. The average Bonchev–Trinajstić information content (AvgIpc) is 2.76. The molecule has 116 valence electrons. The van der Waals surface area contributed by atoms with Gasteiger partial charge in [0.2, 0.25) is 0 Å². The molecular formula is C16H24FN3O. The lowest BCUT2D eigenvalue weighted by Crippen LogP contribution is -2.38. The van der Waals surface area contributed by atoms with Crippen molar-refractivity contribution in [2.45, 2.75) is 32.8 Å². The van der Waals surface area contributed by atoms with Gasteiger partial charge in [0.15, 0.2) is 0 Å². The number of nitrogens with two attached hydrogens (primary N) is 1. The van der Waals surface area contributed by atoms with Crippen molar-refractivity contribution in [2.24, 2.45) is 11.7 Å². The van der Waals surface area contributed by atoms with E-state index in [4.69, 9.17) is 15.9 Å². The number of benzene rings is 1. The van der Waals surface area contributed by atoms with Crippen LogP contribution >= 0.6 is 0 Å². The first kappa shape index (κ1) is 15.8. The molecule has 1 aliphatic rings. The maximum atomic E-state index is 13.2. The molecular weight excluding hydrogens is 269 g/mol. The van der Waals surface area contributed by atoms with Crippen molar-refractivity contribution in [3.8, 4) is 5.75 Å². The van der Waals surface area contributed by atoms with Crippen LogP contribution in [0.5, 0.6) is 5.75 Å². The molecule has 3 N–H and O–H groups in total. The number of hydrogen-bond acceptors (Lipinski definition) is 3. The highest BCUT2D eigenvalue weighted by molar-refractivity contribution is 5.76. The molecule has 0 amide bonds. The van der Waals surface area contributed by atoms with Crippen molar-refractivity contribution in [1.29, 1.82) is 5.41 Å². The molecule has 1 atom stereocenters. The maximum Gasteiger partial charge on any atom is 0.123 e. The third kappa shape index (κ3) is 4.70. The van der Waals surface area contributed by atoms with Gasteiger partial charge in [-0.1, -0.05) is 13.8 Å². The van der Waals surface area contributed by atoms with Gasteiger partial charge in [-0.3, -0.25) is 10.3 Å². The van der Waals surface area contributed by atoms with E-state index in [1.807, 2.05) is 0 Å². The van der Waals surface area contributed by atoms with E-state index in [2.05, 4.69) is 18.7 Å². The van der Waals surface area contributed by atoms with Gasteiger partial charge in [-0.2, -0.15) is 0 Å². The smallest absolute Gasteiger partial charge is 0.123 e. The Morgan fingerprint density at radius 2 is 2.29 bits per heavy atom. The predicted octanol–water partition coefficient (Wildman–Crippen LogP) is 2.41. The Morgan fingerprint density at radius 3 is 2.95 bits per heavy atom. The Bertz CT molecular complexity index is 504. The number of nitrogens with one attached hydrogen (secondary N) is 1. The van der Waals surface area contributed by atoms with Gasteiger partial charge in [0.05, 0.1) is 5.84 Å². The van der Waals surface area contributed by atoms with Crippen molar-refractivity contribution in [3.05, 3.63) is 29.6 Å². The zero-order chi connectivity index (χ0) is 15.4. The molecule has 4 nitrogen and oxygen atoms in total. The summed E-state index contributed by atoms with van der Waals surface area (Å²) in [5.74, 6) is 1.32. The minimum absolute atomic E-state index is 0.0486. The first-order valence-corrected chi connectivity index (χ1v) is 7.44. The van der Waals surface area contributed by atoms with E-state index in [0.29, 0.717) is 12.3 Å². The summed E-state index contributed by atoms with van der Waals surface area (Å²) in [6, 6.07) is 4.69. The Labute approximate surface area is 125 Å². The summed E-state index contributed by atoms with van der Waals surface area (Å²) in [6.07, 6.45) is 1.36. The summed E-state index contributed by atoms with van der Waals surface area (Å²) < 4.78 is 19.1. The number of nitrogens with zero attached hydrogens (tertiary/aromatic N) is 1. The molecule has 1 heterocycles. The van der Waals surface area contributed by atoms with Crippen LogP contribution in [-0.4, -0.2) is 36.5 Å². The zero-order valence-corrected chi connectivity index (χ0v) is 12.7. The van der Waals surface area contributed by atoms with Crippen LogP contribution in [0.25, 0.3) is 0 Å². The Morgan fingerprint density at radius 1 is 1.52 bits per heavy atom. The highest BCUT2D eigenvalue weighted by Gasteiger charge is 2.25. The van der Waals surface area contributed by atoms with Gasteiger partial charge in [0, 0.05) is 38.0 Å². The van der Waals surface area contributed by atoms with Crippen LogP contribution in [0.3, 0.4) is 0 Å². The summed E-state index contributed by atoms with van der Waals surface area (Å²) in [5, 5.41) is 7.36. The van der Waals surface area contributed by atoms with E-state index in [-0.39, 0.29) is 17.8 Å². The Hall–Kier alpha value is -1.62. The number of fused-ring (bicyclic) bond motifs is 1. The highest BCUT2D eigenvalue weighted by Crippen LogP contribution is 2.29. The van der Waals surface area contributed by atoms with Crippen LogP contribution in [0, 0.1) is 17.1 Å². The lowest BCUT2D eigenvalue weighted by molar-refractivity contribution is 0.142. The van der Waals surface area contributed by atoms with Gasteiger partial charge in [-0.15, -0.1) is 0 Å². The second kappa shape index (κ2) is 6.89. The summed E-state index contributed by atoms with van der Waals surface area (Å²) in [4.78, 5) is 2.28. The van der Waals surface area contributed by atoms with Crippen molar-refractivity contribution in [3.63, 3.8) is 0 Å². The van der Waals surface area contributed by atoms with E-state index >= 15 is 0 Å². The molecule has 1 aromatic rings. The number of hydrogen-bond donors (Lipinski definition) is 2. The van der Waals surface area contributed by atoms with Gasteiger partial charge in [0.25, 0.3) is 0 Å². The molecule has 0 fully saturated rings. The van der Waals surface area contributed by atoms with Gasteiger partial charge >= 0.3 is 0 Å². The standard InChI is InChI=1S/C16H24FN3O/c1-11(2)9-20(6-5-16(18)19)10-14-8-12-7-13(17)3-4-15(12)21-14/h3-4,7,11,14H,5-6,8-10H2,1-2H3,(H3,18,19). The van der Waals surface area contributed by atoms with Gasteiger partial charge in [0.1, 0.15) is 17.7 Å². The monoisotopic (exact) mass is 293 g/mol. The van der Waals surface area contributed by atoms with Gasteiger partial charge in [-0.25, -0.2) is 4.39 Å². The summed E-state index contributed by atoms with van der Waals surface area (Å²) in [5.41, 5.74) is 6.39. The fourth-order valence-corrected chi connectivity index (χ4v) is 2.73. The molecule has 0 aromatic heterocycles. The summed E-state index contributed by atoms with van der Waals surface area (Å²) >= 11 is 0. The van der Waals surface area contributed by atoms with Crippen LogP contribution in [0.15, 0.2) is 18.2 Å². The predicted molar refractivity (Wildman–Crippen MR) is 82.3 cm³/mol. The maximum absolute atomic E-state index is 13.2. The first-order chi connectivity index (χ1) is 9.94. The first-order valence-electron chi connectivity index (χ1n) is 7.44. The van der Waals surface area contributed by atoms with Crippen molar-refractivity contribution in [1.82, 2.24) is 4.90 Å². The van der Waals surface area contributed by atoms with Gasteiger partial charge < -0.3 is 10.5 Å². The number of ether oxygens (including phenoxy) is 1. The molecule has 0 saturated carbocycles. The van der Waals surface area contributed by atoms with Crippen molar-refractivity contribution < 1.29 is 9.13 Å². The molecule has 0 saturated heterocycles. The number of rotatable bonds is 7. The minimum atomic E-state index is -0.214.